The summed E-state index contributed by atoms with van der Waals surface area (Å²) < 4.78 is 7.14. The molecule has 2 aromatic rings. The molecule has 0 aliphatic carbocycles. The minimum absolute atomic E-state index is 0.243. The van der Waals surface area contributed by atoms with Crippen LogP contribution in [-0.2, 0) is 0 Å². The van der Waals surface area contributed by atoms with Crippen LogP contribution < -0.4 is 10.3 Å². The Morgan fingerprint density at radius 1 is 1.41 bits per heavy atom. The molecule has 0 aliphatic heterocycles. The molecule has 0 fully saturated rings. The van der Waals surface area contributed by atoms with Gasteiger partial charge in [-0.2, -0.15) is 0 Å². The van der Waals surface area contributed by atoms with Gasteiger partial charge in [0.15, 0.2) is 4.77 Å². The predicted molar refractivity (Wildman–Crippen MR) is 68.8 cm³/mol. The van der Waals surface area contributed by atoms with Crippen molar-refractivity contribution < 1.29 is 4.74 Å². The number of nitrogens with one attached hydrogen (secondary N) is 1. The van der Waals surface area contributed by atoms with Gasteiger partial charge in [0.1, 0.15) is 5.75 Å². The Kier molecular flexibility index (Phi) is 3.31. The van der Waals surface area contributed by atoms with Crippen LogP contribution in [0.3, 0.4) is 0 Å². The molecular formula is C11H9ClN2O2S. The third kappa shape index (κ3) is 2.40. The molecule has 88 valence electrons. The average molecular weight is 269 g/mol. The van der Waals surface area contributed by atoms with Gasteiger partial charge in [-0.1, -0.05) is 11.6 Å². The van der Waals surface area contributed by atoms with Crippen molar-refractivity contribution in [2.45, 2.75) is 0 Å². The lowest BCUT2D eigenvalue weighted by molar-refractivity contribution is 0.412. The number of hydrogen-bond donors (Lipinski definition) is 1. The van der Waals surface area contributed by atoms with Crippen LogP contribution in [0.1, 0.15) is 0 Å². The zero-order chi connectivity index (χ0) is 12.4. The third-order valence-corrected chi connectivity index (χ3v) is 2.76. The van der Waals surface area contributed by atoms with E-state index in [1.54, 1.807) is 36.1 Å². The fraction of sp³-hybridized carbons (Fsp3) is 0.0909. The van der Waals surface area contributed by atoms with E-state index < -0.39 is 0 Å². The van der Waals surface area contributed by atoms with E-state index in [1.807, 2.05) is 0 Å². The lowest BCUT2D eigenvalue weighted by Gasteiger charge is -2.11. The van der Waals surface area contributed by atoms with Crippen LogP contribution >= 0.6 is 23.8 Å². The van der Waals surface area contributed by atoms with Crippen LogP contribution in [0.5, 0.6) is 5.75 Å². The first-order valence-corrected chi connectivity index (χ1v) is 5.56. The van der Waals surface area contributed by atoms with Crippen molar-refractivity contribution in [1.29, 1.82) is 0 Å². The number of nitrogens with zero attached hydrogens (tertiary/aromatic N) is 1. The molecule has 0 amide bonds. The van der Waals surface area contributed by atoms with Gasteiger partial charge in [0.25, 0.3) is 5.56 Å². The SMILES string of the molecule is COc1ccc(Cl)cc1-n1ccc(=O)[nH]c1=S. The van der Waals surface area contributed by atoms with Gasteiger partial charge in [0, 0.05) is 17.3 Å². The molecule has 2 rings (SSSR count). The Bertz CT molecular complexity index is 663. The van der Waals surface area contributed by atoms with Crippen molar-refractivity contribution >= 4 is 23.8 Å². The van der Waals surface area contributed by atoms with Crippen molar-refractivity contribution in [3.8, 4) is 11.4 Å². The lowest BCUT2D eigenvalue weighted by atomic mass is 10.3. The normalized spacial score (nSPS) is 10.2. The standard InChI is InChI=1S/C11H9ClN2O2S/c1-16-9-3-2-7(12)6-8(9)14-5-4-10(15)13-11(14)17/h2-6H,1H3,(H,13,15,17). The number of hydrogen-bond acceptors (Lipinski definition) is 3. The first-order valence-electron chi connectivity index (χ1n) is 4.78. The Hall–Kier alpha value is -1.59. The Labute approximate surface area is 107 Å². The van der Waals surface area contributed by atoms with E-state index in [0.29, 0.717) is 16.5 Å². The molecule has 0 atom stereocenters. The maximum Gasteiger partial charge on any atom is 0.251 e. The van der Waals surface area contributed by atoms with Gasteiger partial charge in [0.2, 0.25) is 0 Å². The van der Waals surface area contributed by atoms with Crippen molar-refractivity contribution in [3.05, 3.63) is 50.6 Å². The predicted octanol–water partition coefficient (Wildman–Crippen LogP) is 2.56. The summed E-state index contributed by atoms with van der Waals surface area (Å²) in [5.41, 5.74) is 0.438. The summed E-state index contributed by atoms with van der Waals surface area (Å²) in [5, 5.41) is 0.564. The quantitative estimate of drug-likeness (QED) is 0.852. The molecule has 0 spiro atoms. The first-order chi connectivity index (χ1) is 8.11. The second-order valence-electron chi connectivity index (χ2n) is 3.30. The first kappa shape index (κ1) is 11.9. The molecule has 0 saturated carbocycles. The zero-order valence-electron chi connectivity index (χ0n) is 8.94. The number of ether oxygens (including phenoxy) is 1. The minimum atomic E-state index is -0.243. The highest BCUT2D eigenvalue weighted by Gasteiger charge is 2.06. The highest BCUT2D eigenvalue weighted by atomic mass is 35.5. The van der Waals surface area contributed by atoms with Crippen LogP contribution in [0, 0.1) is 4.77 Å². The van der Waals surface area contributed by atoms with Gasteiger partial charge in [0.05, 0.1) is 12.8 Å². The van der Waals surface area contributed by atoms with Gasteiger partial charge in [-0.3, -0.25) is 14.3 Å². The molecule has 1 aromatic carbocycles. The summed E-state index contributed by atoms with van der Waals surface area (Å²) in [5.74, 6) is 0.623. The Balaban J connectivity index is 2.71. The van der Waals surface area contributed by atoms with Crippen molar-refractivity contribution in [3.63, 3.8) is 0 Å². The fourth-order valence-electron chi connectivity index (χ4n) is 1.46. The van der Waals surface area contributed by atoms with Gasteiger partial charge in [-0.15, -0.1) is 0 Å². The molecule has 0 unspecified atom stereocenters. The van der Waals surface area contributed by atoms with E-state index in [9.17, 15) is 4.79 Å². The zero-order valence-corrected chi connectivity index (χ0v) is 10.5. The molecule has 0 radical (unpaired) electrons. The van der Waals surface area contributed by atoms with E-state index in [1.165, 1.54) is 6.07 Å². The molecule has 17 heavy (non-hydrogen) atoms. The molecule has 0 aliphatic rings. The van der Waals surface area contributed by atoms with Gasteiger partial charge in [-0.25, -0.2) is 0 Å². The number of aromatic nitrogens is 2. The summed E-state index contributed by atoms with van der Waals surface area (Å²) in [6, 6.07) is 6.56. The highest BCUT2D eigenvalue weighted by Crippen LogP contribution is 2.25. The van der Waals surface area contributed by atoms with Gasteiger partial charge < -0.3 is 4.74 Å². The Morgan fingerprint density at radius 3 is 2.82 bits per heavy atom. The number of H-pyrrole nitrogens is 1. The molecule has 0 bridgehead atoms. The summed E-state index contributed by atoms with van der Waals surface area (Å²) >= 11 is 11.0. The van der Waals surface area contributed by atoms with Crippen molar-refractivity contribution in [2.75, 3.05) is 7.11 Å². The summed E-state index contributed by atoms with van der Waals surface area (Å²) in [7, 11) is 1.56. The largest absolute Gasteiger partial charge is 0.495 e. The second kappa shape index (κ2) is 4.73. The number of methoxy groups -OCH3 is 1. The van der Waals surface area contributed by atoms with Crippen LogP contribution in [0.25, 0.3) is 5.69 Å². The molecule has 1 heterocycles. The summed E-state index contributed by atoms with van der Waals surface area (Å²) in [4.78, 5) is 13.6. The van der Waals surface area contributed by atoms with E-state index in [2.05, 4.69) is 4.98 Å². The number of benzene rings is 1. The van der Waals surface area contributed by atoms with Gasteiger partial charge in [-0.05, 0) is 30.4 Å². The second-order valence-corrected chi connectivity index (χ2v) is 4.12. The van der Waals surface area contributed by atoms with Crippen LogP contribution in [0.15, 0.2) is 35.3 Å². The summed E-state index contributed by atoms with van der Waals surface area (Å²) in [6.07, 6.45) is 1.58. The van der Waals surface area contributed by atoms with Gasteiger partial charge >= 0.3 is 0 Å². The average Bonchev–Trinajstić information content (AvgIpc) is 2.29. The topological polar surface area (TPSA) is 47.0 Å². The monoisotopic (exact) mass is 268 g/mol. The molecular weight excluding hydrogens is 260 g/mol. The number of halogens is 1. The maximum absolute atomic E-state index is 11.1. The molecule has 4 nitrogen and oxygen atoms in total. The van der Waals surface area contributed by atoms with Crippen LogP contribution in [0.4, 0.5) is 0 Å². The van der Waals surface area contributed by atoms with E-state index in [0.717, 1.165) is 0 Å². The fourth-order valence-corrected chi connectivity index (χ4v) is 1.88. The minimum Gasteiger partial charge on any atom is -0.495 e. The van der Waals surface area contributed by atoms with Crippen molar-refractivity contribution in [2.24, 2.45) is 0 Å². The van der Waals surface area contributed by atoms with Crippen LogP contribution in [-0.4, -0.2) is 16.7 Å². The van der Waals surface area contributed by atoms with E-state index in [-0.39, 0.29) is 10.3 Å². The lowest BCUT2D eigenvalue weighted by Crippen LogP contribution is -2.10. The number of aromatic amines is 1. The third-order valence-electron chi connectivity index (χ3n) is 2.22. The number of rotatable bonds is 2. The molecule has 1 N–H and O–H groups in total. The smallest absolute Gasteiger partial charge is 0.251 e. The molecule has 1 aromatic heterocycles. The molecule has 6 heteroatoms. The van der Waals surface area contributed by atoms with E-state index in [4.69, 9.17) is 28.6 Å². The van der Waals surface area contributed by atoms with Crippen molar-refractivity contribution in [1.82, 2.24) is 9.55 Å². The maximum atomic E-state index is 11.1. The molecule has 0 saturated heterocycles. The summed E-state index contributed by atoms with van der Waals surface area (Å²) in [6.45, 7) is 0. The van der Waals surface area contributed by atoms with Crippen LogP contribution in [0.2, 0.25) is 5.02 Å². The van der Waals surface area contributed by atoms with E-state index >= 15 is 0 Å². The Morgan fingerprint density at radius 2 is 2.18 bits per heavy atom. The highest BCUT2D eigenvalue weighted by molar-refractivity contribution is 7.71.